The SMILES string of the molecule is CC1(C)O[C@@H]2[C@@H](O)[C@H]([O-])O[C@H](CSc3ccccc3)[C@@H]2O1. The van der Waals surface area contributed by atoms with Crippen LogP contribution in [0, 0.1) is 0 Å². The zero-order valence-corrected chi connectivity index (χ0v) is 12.8. The molecular weight excluding hydrogens is 292 g/mol. The summed E-state index contributed by atoms with van der Waals surface area (Å²) in [5.41, 5.74) is 0. The molecule has 0 radical (unpaired) electrons. The fraction of sp³-hybridized carbons (Fsp3) is 0.600. The van der Waals surface area contributed by atoms with Crippen LogP contribution in [0.4, 0.5) is 0 Å². The third-order valence-corrected chi connectivity index (χ3v) is 4.71. The van der Waals surface area contributed by atoms with Gasteiger partial charge in [-0.2, -0.15) is 0 Å². The Morgan fingerprint density at radius 3 is 2.57 bits per heavy atom. The van der Waals surface area contributed by atoms with E-state index in [4.69, 9.17) is 14.2 Å². The maximum Gasteiger partial charge on any atom is 0.164 e. The van der Waals surface area contributed by atoms with Crippen molar-refractivity contribution in [3.05, 3.63) is 30.3 Å². The Hall–Kier alpha value is -0.630. The highest BCUT2D eigenvalue weighted by Crippen LogP contribution is 2.38. The van der Waals surface area contributed by atoms with E-state index in [1.807, 2.05) is 30.3 Å². The number of thioether (sulfide) groups is 1. The quantitative estimate of drug-likeness (QED) is 0.831. The highest BCUT2D eigenvalue weighted by atomic mass is 32.2. The van der Waals surface area contributed by atoms with E-state index in [0.29, 0.717) is 5.75 Å². The molecule has 1 aromatic carbocycles. The molecule has 1 N–H and O–H groups in total. The van der Waals surface area contributed by atoms with Crippen LogP contribution in [-0.4, -0.2) is 47.4 Å². The minimum Gasteiger partial charge on any atom is -0.829 e. The summed E-state index contributed by atoms with van der Waals surface area (Å²) in [6.07, 6.45) is -4.14. The van der Waals surface area contributed by atoms with E-state index in [9.17, 15) is 10.2 Å². The Kier molecular flexibility index (Phi) is 4.27. The van der Waals surface area contributed by atoms with Crippen molar-refractivity contribution >= 4 is 11.8 Å². The van der Waals surface area contributed by atoms with Gasteiger partial charge in [-0.1, -0.05) is 18.2 Å². The first-order chi connectivity index (χ1) is 9.96. The van der Waals surface area contributed by atoms with Crippen molar-refractivity contribution in [2.24, 2.45) is 0 Å². The molecule has 2 saturated heterocycles. The van der Waals surface area contributed by atoms with Crippen LogP contribution in [0.25, 0.3) is 0 Å². The second kappa shape index (κ2) is 5.87. The average Bonchev–Trinajstić information content (AvgIpc) is 2.79. The van der Waals surface area contributed by atoms with Crippen molar-refractivity contribution in [3.8, 4) is 0 Å². The summed E-state index contributed by atoms with van der Waals surface area (Å²) < 4.78 is 16.9. The molecule has 2 fully saturated rings. The fourth-order valence-electron chi connectivity index (χ4n) is 2.68. The minimum atomic E-state index is -1.50. The fourth-order valence-corrected chi connectivity index (χ4v) is 3.66. The van der Waals surface area contributed by atoms with Crippen LogP contribution in [0.1, 0.15) is 13.8 Å². The molecule has 21 heavy (non-hydrogen) atoms. The summed E-state index contributed by atoms with van der Waals surface area (Å²) in [6, 6.07) is 9.89. The summed E-state index contributed by atoms with van der Waals surface area (Å²) in [7, 11) is 0. The number of hydrogen-bond acceptors (Lipinski definition) is 6. The van der Waals surface area contributed by atoms with Crippen LogP contribution in [0.3, 0.4) is 0 Å². The number of fused-ring (bicyclic) bond motifs is 1. The van der Waals surface area contributed by atoms with Gasteiger partial charge in [-0.05, 0) is 26.0 Å². The second-order valence-corrected chi connectivity index (χ2v) is 6.82. The Morgan fingerprint density at radius 2 is 1.86 bits per heavy atom. The van der Waals surface area contributed by atoms with Crippen molar-refractivity contribution in [2.75, 3.05) is 5.75 Å². The van der Waals surface area contributed by atoms with Crippen LogP contribution in [0.15, 0.2) is 35.2 Å². The van der Waals surface area contributed by atoms with Gasteiger partial charge in [0.25, 0.3) is 0 Å². The lowest BCUT2D eigenvalue weighted by molar-refractivity contribution is -0.527. The lowest BCUT2D eigenvalue weighted by Gasteiger charge is -2.43. The molecule has 0 spiro atoms. The lowest BCUT2D eigenvalue weighted by atomic mass is 10.0. The largest absolute Gasteiger partial charge is 0.829 e. The van der Waals surface area contributed by atoms with Gasteiger partial charge in [-0.25, -0.2) is 0 Å². The summed E-state index contributed by atoms with van der Waals surface area (Å²) in [6.45, 7) is 3.55. The van der Waals surface area contributed by atoms with Crippen molar-refractivity contribution in [1.82, 2.24) is 0 Å². The molecule has 5 atom stereocenters. The Labute approximate surface area is 128 Å². The molecule has 0 aliphatic carbocycles. The molecule has 2 aliphatic rings. The van der Waals surface area contributed by atoms with Gasteiger partial charge in [0.15, 0.2) is 5.79 Å². The van der Waals surface area contributed by atoms with Crippen LogP contribution < -0.4 is 5.11 Å². The molecule has 1 aromatic rings. The Bertz CT molecular complexity index is 480. The molecule has 0 saturated carbocycles. The molecular formula is C15H19O5S-. The highest BCUT2D eigenvalue weighted by molar-refractivity contribution is 7.99. The van der Waals surface area contributed by atoms with E-state index in [-0.39, 0.29) is 0 Å². The van der Waals surface area contributed by atoms with E-state index in [1.165, 1.54) is 0 Å². The predicted octanol–water partition coefficient (Wildman–Crippen LogP) is 0.745. The summed E-state index contributed by atoms with van der Waals surface area (Å²) in [5.74, 6) is -0.227. The highest BCUT2D eigenvalue weighted by Gasteiger charge is 2.52. The first kappa shape index (κ1) is 15.3. The normalized spacial score (nSPS) is 38.2. The summed E-state index contributed by atoms with van der Waals surface area (Å²) >= 11 is 1.60. The van der Waals surface area contributed by atoms with Crippen molar-refractivity contribution in [3.63, 3.8) is 0 Å². The van der Waals surface area contributed by atoms with Crippen molar-refractivity contribution in [2.45, 2.75) is 55.2 Å². The van der Waals surface area contributed by atoms with Crippen LogP contribution in [0.2, 0.25) is 0 Å². The molecule has 116 valence electrons. The van der Waals surface area contributed by atoms with E-state index >= 15 is 0 Å². The second-order valence-electron chi connectivity index (χ2n) is 5.72. The lowest BCUT2D eigenvalue weighted by Crippen LogP contribution is -2.61. The number of benzene rings is 1. The van der Waals surface area contributed by atoms with E-state index < -0.39 is 36.5 Å². The molecule has 0 unspecified atom stereocenters. The molecule has 0 aromatic heterocycles. The molecule has 0 amide bonds. The Balaban J connectivity index is 1.69. The van der Waals surface area contributed by atoms with Gasteiger partial charge < -0.3 is 24.4 Å². The summed E-state index contributed by atoms with van der Waals surface area (Å²) in [4.78, 5) is 1.10. The maximum absolute atomic E-state index is 11.8. The van der Waals surface area contributed by atoms with Gasteiger partial charge in [0.2, 0.25) is 0 Å². The summed E-state index contributed by atoms with van der Waals surface area (Å²) in [5, 5.41) is 21.8. The molecule has 0 bridgehead atoms. The van der Waals surface area contributed by atoms with E-state index in [1.54, 1.807) is 25.6 Å². The monoisotopic (exact) mass is 311 g/mol. The number of aliphatic hydroxyl groups excluding tert-OH is 1. The van der Waals surface area contributed by atoms with Crippen molar-refractivity contribution in [1.29, 1.82) is 0 Å². The van der Waals surface area contributed by atoms with Gasteiger partial charge in [0.1, 0.15) is 12.2 Å². The molecule has 3 rings (SSSR count). The van der Waals surface area contributed by atoms with Crippen molar-refractivity contribution < 1.29 is 24.4 Å². The zero-order valence-electron chi connectivity index (χ0n) is 12.0. The van der Waals surface area contributed by atoms with Gasteiger partial charge in [-0.15, -0.1) is 11.8 Å². The Morgan fingerprint density at radius 1 is 1.19 bits per heavy atom. The number of aliphatic hydroxyl groups is 1. The van der Waals surface area contributed by atoms with Crippen LogP contribution in [0.5, 0.6) is 0 Å². The first-order valence-corrected chi connectivity index (χ1v) is 7.98. The number of hydrogen-bond donors (Lipinski definition) is 1. The molecule has 2 heterocycles. The van der Waals surface area contributed by atoms with Crippen LogP contribution in [-0.2, 0) is 14.2 Å². The maximum atomic E-state index is 11.8. The number of rotatable bonds is 3. The predicted molar refractivity (Wildman–Crippen MR) is 75.7 cm³/mol. The van der Waals surface area contributed by atoms with Crippen LogP contribution >= 0.6 is 11.8 Å². The van der Waals surface area contributed by atoms with Gasteiger partial charge in [0, 0.05) is 16.9 Å². The van der Waals surface area contributed by atoms with E-state index in [2.05, 4.69) is 0 Å². The average molecular weight is 311 g/mol. The van der Waals surface area contributed by atoms with Gasteiger partial charge in [-0.3, -0.25) is 0 Å². The van der Waals surface area contributed by atoms with Gasteiger partial charge >= 0.3 is 0 Å². The third kappa shape index (κ3) is 3.26. The molecule has 6 heteroatoms. The topological polar surface area (TPSA) is 71.0 Å². The molecule has 5 nitrogen and oxygen atoms in total. The smallest absolute Gasteiger partial charge is 0.164 e. The van der Waals surface area contributed by atoms with Gasteiger partial charge in [0.05, 0.1) is 12.2 Å². The number of ether oxygens (including phenoxy) is 3. The zero-order chi connectivity index (χ0) is 15.0. The van der Waals surface area contributed by atoms with E-state index in [0.717, 1.165) is 4.90 Å². The third-order valence-electron chi connectivity index (χ3n) is 3.61. The first-order valence-electron chi connectivity index (χ1n) is 6.99. The molecule has 2 aliphatic heterocycles. The minimum absolute atomic E-state index is 0.395. The standard InChI is InChI=1S/C15H19O5S/c1-15(2)19-12-10(8-21-9-6-4-3-5-7-9)18-14(17)11(16)13(12)20-15/h3-7,10-14,16H,8H2,1-2H3/q-1/t10-,11-,12+,13-,14-/m1/s1.